The Morgan fingerprint density at radius 2 is 2.13 bits per heavy atom. The number of rotatable bonds is 2. The second-order valence-electron chi connectivity index (χ2n) is 3.71. The summed E-state index contributed by atoms with van der Waals surface area (Å²) in [4.78, 5) is 7.06. The van der Waals surface area contributed by atoms with Gasteiger partial charge in [0.05, 0.1) is 5.52 Å². The van der Waals surface area contributed by atoms with Crippen LogP contribution in [0, 0.1) is 11.6 Å². The van der Waals surface area contributed by atoms with E-state index in [2.05, 4.69) is 9.97 Å². The van der Waals surface area contributed by atoms with E-state index in [1.54, 1.807) is 0 Å². The van der Waals surface area contributed by atoms with Crippen molar-refractivity contribution in [3.05, 3.63) is 29.6 Å². The summed E-state index contributed by atoms with van der Waals surface area (Å²) in [7, 11) is 0. The summed E-state index contributed by atoms with van der Waals surface area (Å²) in [5, 5.41) is 0. The molecule has 4 heteroatoms. The number of imidazole rings is 1. The summed E-state index contributed by atoms with van der Waals surface area (Å²) in [5.74, 6) is -0.258. The molecule has 0 aliphatic carbocycles. The van der Waals surface area contributed by atoms with E-state index in [1.165, 1.54) is 6.07 Å². The Bertz CT molecular complexity index is 491. The van der Waals surface area contributed by atoms with Gasteiger partial charge in [-0.05, 0) is 6.42 Å². The highest BCUT2D eigenvalue weighted by Gasteiger charge is 2.12. The van der Waals surface area contributed by atoms with E-state index in [0.29, 0.717) is 11.3 Å². The molecule has 0 aliphatic rings. The monoisotopic (exact) mass is 210 g/mol. The van der Waals surface area contributed by atoms with Crippen molar-refractivity contribution in [2.45, 2.75) is 26.2 Å². The third-order valence-electron chi connectivity index (χ3n) is 2.61. The van der Waals surface area contributed by atoms with Crippen LogP contribution in [0.15, 0.2) is 12.1 Å². The quantitative estimate of drug-likeness (QED) is 0.808. The van der Waals surface area contributed by atoms with Crippen LogP contribution >= 0.6 is 0 Å². The van der Waals surface area contributed by atoms with Crippen LogP contribution < -0.4 is 0 Å². The molecule has 0 spiro atoms. The van der Waals surface area contributed by atoms with Crippen LogP contribution in [0.2, 0.25) is 0 Å². The van der Waals surface area contributed by atoms with Crippen LogP contribution in [0.25, 0.3) is 11.0 Å². The van der Waals surface area contributed by atoms with Gasteiger partial charge in [-0.25, -0.2) is 13.8 Å². The summed E-state index contributed by atoms with van der Waals surface area (Å²) in [6.07, 6.45) is 0.907. The molecule has 1 atom stereocenters. The van der Waals surface area contributed by atoms with Gasteiger partial charge in [0.2, 0.25) is 0 Å². The lowest BCUT2D eigenvalue weighted by Crippen LogP contribution is -1.93. The van der Waals surface area contributed by atoms with Crippen molar-refractivity contribution in [2.24, 2.45) is 0 Å². The maximum absolute atomic E-state index is 13.3. The largest absolute Gasteiger partial charge is 0.339 e. The summed E-state index contributed by atoms with van der Waals surface area (Å²) in [6.45, 7) is 4.01. The van der Waals surface area contributed by atoms with Crippen LogP contribution in [0.4, 0.5) is 8.78 Å². The molecule has 2 aromatic rings. The lowest BCUT2D eigenvalue weighted by Gasteiger charge is -2.01. The molecule has 80 valence electrons. The number of hydrogen-bond acceptors (Lipinski definition) is 1. The molecule has 0 bridgehead atoms. The van der Waals surface area contributed by atoms with Gasteiger partial charge in [-0.15, -0.1) is 0 Å². The number of nitrogens with one attached hydrogen (secondary N) is 1. The van der Waals surface area contributed by atoms with Gasteiger partial charge in [-0.1, -0.05) is 13.8 Å². The van der Waals surface area contributed by atoms with Gasteiger partial charge in [0.25, 0.3) is 0 Å². The summed E-state index contributed by atoms with van der Waals surface area (Å²) >= 11 is 0. The lowest BCUT2D eigenvalue weighted by molar-refractivity contribution is 0.590. The Balaban J connectivity index is 2.60. The van der Waals surface area contributed by atoms with E-state index in [4.69, 9.17) is 0 Å². The summed E-state index contributed by atoms with van der Waals surface area (Å²) in [5.41, 5.74) is 0.634. The topological polar surface area (TPSA) is 28.7 Å². The van der Waals surface area contributed by atoms with E-state index < -0.39 is 11.6 Å². The highest BCUT2D eigenvalue weighted by Crippen LogP contribution is 2.22. The van der Waals surface area contributed by atoms with Crippen LogP contribution in [0.1, 0.15) is 32.0 Å². The molecular formula is C11H12F2N2. The number of nitrogens with zero attached hydrogens (tertiary/aromatic N) is 1. The van der Waals surface area contributed by atoms with Crippen molar-refractivity contribution < 1.29 is 8.78 Å². The average Bonchev–Trinajstić information content (AvgIpc) is 2.60. The van der Waals surface area contributed by atoms with Crippen LogP contribution in [-0.2, 0) is 0 Å². The van der Waals surface area contributed by atoms with Crippen molar-refractivity contribution >= 4 is 11.0 Å². The summed E-state index contributed by atoms with van der Waals surface area (Å²) in [6, 6.07) is 2.10. The van der Waals surface area contributed by atoms with Crippen molar-refractivity contribution in [3.8, 4) is 0 Å². The zero-order valence-electron chi connectivity index (χ0n) is 8.64. The van der Waals surface area contributed by atoms with Crippen LogP contribution in [0.5, 0.6) is 0 Å². The van der Waals surface area contributed by atoms with Gasteiger partial charge in [-0.3, -0.25) is 0 Å². The fourth-order valence-electron chi connectivity index (χ4n) is 1.48. The number of aromatic nitrogens is 2. The first-order valence-electron chi connectivity index (χ1n) is 4.96. The number of fused-ring (bicyclic) bond motifs is 1. The van der Waals surface area contributed by atoms with Crippen LogP contribution in [0.3, 0.4) is 0 Å². The smallest absolute Gasteiger partial charge is 0.151 e. The van der Waals surface area contributed by atoms with Gasteiger partial charge in [-0.2, -0.15) is 0 Å². The maximum Gasteiger partial charge on any atom is 0.151 e. The first-order chi connectivity index (χ1) is 7.11. The molecule has 0 radical (unpaired) electrons. The Labute approximate surface area is 86.3 Å². The lowest BCUT2D eigenvalue weighted by atomic mass is 10.1. The average molecular weight is 210 g/mol. The normalized spacial score (nSPS) is 13.3. The predicted molar refractivity (Wildman–Crippen MR) is 54.7 cm³/mol. The molecule has 0 amide bonds. The third-order valence-corrected chi connectivity index (χ3v) is 2.61. The van der Waals surface area contributed by atoms with Gasteiger partial charge < -0.3 is 4.98 Å². The molecule has 0 saturated carbocycles. The Hall–Kier alpha value is -1.45. The SMILES string of the molecule is CCC(C)c1nc2cc(F)cc(F)c2[nH]1. The fraction of sp³-hybridized carbons (Fsp3) is 0.364. The molecule has 1 heterocycles. The predicted octanol–water partition coefficient (Wildman–Crippen LogP) is 3.35. The molecular weight excluding hydrogens is 198 g/mol. The molecule has 1 N–H and O–H groups in total. The molecule has 1 aromatic heterocycles. The summed E-state index contributed by atoms with van der Waals surface area (Å²) < 4.78 is 26.2. The van der Waals surface area contributed by atoms with E-state index >= 15 is 0 Å². The fourth-order valence-corrected chi connectivity index (χ4v) is 1.48. The zero-order valence-corrected chi connectivity index (χ0v) is 8.64. The Kier molecular flexibility index (Phi) is 2.42. The number of aromatic amines is 1. The Morgan fingerprint density at radius 3 is 2.80 bits per heavy atom. The van der Waals surface area contributed by atoms with Crippen LogP contribution in [-0.4, -0.2) is 9.97 Å². The Morgan fingerprint density at radius 1 is 1.40 bits per heavy atom. The van der Waals surface area contributed by atoms with E-state index in [0.717, 1.165) is 12.5 Å². The minimum absolute atomic E-state index is 0.222. The van der Waals surface area contributed by atoms with Crippen molar-refractivity contribution in [1.82, 2.24) is 9.97 Å². The van der Waals surface area contributed by atoms with Crippen molar-refractivity contribution in [1.29, 1.82) is 0 Å². The van der Waals surface area contributed by atoms with E-state index in [1.807, 2.05) is 13.8 Å². The molecule has 2 rings (SSSR count). The molecule has 1 unspecified atom stereocenters. The third kappa shape index (κ3) is 1.71. The number of halogens is 2. The minimum Gasteiger partial charge on any atom is -0.339 e. The molecule has 15 heavy (non-hydrogen) atoms. The first-order valence-corrected chi connectivity index (χ1v) is 4.96. The van der Waals surface area contributed by atoms with Gasteiger partial charge in [0.15, 0.2) is 5.82 Å². The highest BCUT2D eigenvalue weighted by molar-refractivity contribution is 5.75. The number of hydrogen-bond donors (Lipinski definition) is 1. The number of benzene rings is 1. The zero-order chi connectivity index (χ0) is 11.0. The first kappa shape index (κ1) is 10.1. The molecule has 0 saturated heterocycles. The minimum atomic E-state index is -0.595. The molecule has 0 fully saturated rings. The highest BCUT2D eigenvalue weighted by atomic mass is 19.1. The number of H-pyrrole nitrogens is 1. The van der Waals surface area contributed by atoms with E-state index in [9.17, 15) is 8.78 Å². The van der Waals surface area contributed by atoms with Crippen molar-refractivity contribution in [3.63, 3.8) is 0 Å². The van der Waals surface area contributed by atoms with Gasteiger partial charge in [0, 0.05) is 18.1 Å². The van der Waals surface area contributed by atoms with Gasteiger partial charge >= 0.3 is 0 Å². The molecule has 2 nitrogen and oxygen atoms in total. The standard InChI is InChI=1S/C11H12F2N2/c1-3-6(2)11-14-9-5-7(12)4-8(13)10(9)15-11/h4-6H,3H2,1-2H3,(H,14,15). The molecule has 0 aliphatic heterocycles. The van der Waals surface area contributed by atoms with Gasteiger partial charge in [0.1, 0.15) is 17.2 Å². The van der Waals surface area contributed by atoms with E-state index in [-0.39, 0.29) is 11.4 Å². The molecule has 1 aromatic carbocycles. The second kappa shape index (κ2) is 3.61. The maximum atomic E-state index is 13.3. The van der Waals surface area contributed by atoms with Crippen molar-refractivity contribution in [2.75, 3.05) is 0 Å². The second-order valence-corrected chi connectivity index (χ2v) is 3.71.